The second kappa shape index (κ2) is 6.20. The Morgan fingerprint density at radius 2 is 2.27 bits per heavy atom. The minimum absolute atomic E-state index is 0.189. The maximum absolute atomic E-state index is 9.02. The Hall–Kier alpha value is -0.450. The Labute approximate surface area is 95.6 Å². The quantitative estimate of drug-likeness (QED) is 0.784. The second-order valence-electron chi connectivity index (χ2n) is 4.00. The van der Waals surface area contributed by atoms with E-state index in [0.29, 0.717) is 5.92 Å². The Balaban J connectivity index is 2.43. The number of nitrogens with zero attached hydrogens (tertiary/aromatic N) is 1. The van der Waals surface area contributed by atoms with E-state index in [1.165, 1.54) is 5.01 Å². The van der Waals surface area contributed by atoms with E-state index in [4.69, 9.17) is 5.11 Å². The zero-order valence-corrected chi connectivity index (χ0v) is 10.5. The van der Waals surface area contributed by atoms with E-state index >= 15 is 0 Å². The van der Waals surface area contributed by atoms with E-state index in [-0.39, 0.29) is 12.6 Å². The fourth-order valence-electron chi connectivity index (χ4n) is 1.26. The lowest BCUT2D eigenvalue weighted by atomic mass is 10.2. The molecule has 2 N–H and O–H groups in total. The van der Waals surface area contributed by atoms with Crippen molar-refractivity contribution >= 4 is 11.3 Å². The molecule has 0 aliphatic carbocycles. The molecular weight excluding hydrogens is 208 g/mol. The summed E-state index contributed by atoms with van der Waals surface area (Å²) >= 11 is 1.71. The van der Waals surface area contributed by atoms with Gasteiger partial charge in [0.1, 0.15) is 0 Å². The highest BCUT2D eigenvalue weighted by Crippen LogP contribution is 2.18. The van der Waals surface area contributed by atoms with Crippen LogP contribution in [0.4, 0.5) is 0 Å². The molecule has 15 heavy (non-hydrogen) atoms. The fraction of sp³-hybridized carbons (Fsp3) is 0.727. The third kappa shape index (κ3) is 3.89. The summed E-state index contributed by atoms with van der Waals surface area (Å²) in [5, 5.41) is 15.6. The lowest BCUT2D eigenvalue weighted by molar-refractivity contribution is 0.238. The second-order valence-corrected chi connectivity index (χ2v) is 4.89. The van der Waals surface area contributed by atoms with Gasteiger partial charge >= 0.3 is 0 Å². The molecule has 4 heteroatoms. The molecule has 0 radical (unpaired) electrons. The molecule has 0 saturated heterocycles. The average molecular weight is 228 g/mol. The molecule has 1 atom stereocenters. The number of aliphatic hydroxyl groups excluding tert-OH is 1. The van der Waals surface area contributed by atoms with Crippen molar-refractivity contribution in [3.05, 3.63) is 16.1 Å². The maximum Gasteiger partial charge on any atom is 0.0954 e. The van der Waals surface area contributed by atoms with Gasteiger partial charge in [0.25, 0.3) is 0 Å². The van der Waals surface area contributed by atoms with Gasteiger partial charge < -0.3 is 10.4 Å². The summed E-state index contributed by atoms with van der Waals surface area (Å²) in [5.74, 6) is 0.503. The predicted molar refractivity (Wildman–Crippen MR) is 64.2 cm³/mol. The van der Waals surface area contributed by atoms with Crippen molar-refractivity contribution in [2.45, 2.75) is 45.7 Å². The van der Waals surface area contributed by atoms with E-state index in [9.17, 15) is 0 Å². The number of rotatable bonds is 6. The Morgan fingerprint density at radius 3 is 2.73 bits per heavy atom. The van der Waals surface area contributed by atoms with Crippen LogP contribution in [0.1, 0.15) is 43.8 Å². The molecule has 1 rings (SSSR count). The number of hydrogen-bond donors (Lipinski definition) is 2. The van der Waals surface area contributed by atoms with Gasteiger partial charge in [0, 0.05) is 23.9 Å². The van der Waals surface area contributed by atoms with Crippen LogP contribution in [0.25, 0.3) is 0 Å². The minimum atomic E-state index is 0.189. The maximum atomic E-state index is 9.02. The molecule has 0 aromatic carbocycles. The standard InChI is InChI=1S/C11H20N2OS/c1-4-9(6-14)12-5-10-7-15-11(13-10)8(2)3/h7-9,12,14H,4-6H2,1-3H3. The van der Waals surface area contributed by atoms with Crippen LogP contribution in [-0.4, -0.2) is 22.7 Å². The van der Waals surface area contributed by atoms with Crippen molar-refractivity contribution in [2.75, 3.05) is 6.61 Å². The topological polar surface area (TPSA) is 45.1 Å². The number of aliphatic hydroxyl groups is 1. The first-order valence-corrected chi connectivity index (χ1v) is 6.33. The number of hydrogen-bond acceptors (Lipinski definition) is 4. The van der Waals surface area contributed by atoms with Crippen molar-refractivity contribution in [2.24, 2.45) is 0 Å². The fourth-order valence-corrected chi connectivity index (χ4v) is 2.09. The van der Waals surface area contributed by atoms with Crippen LogP contribution >= 0.6 is 11.3 Å². The van der Waals surface area contributed by atoms with Crippen molar-refractivity contribution in [3.8, 4) is 0 Å². The highest BCUT2D eigenvalue weighted by molar-refractivity contribution is 7.09. The molecule has 86 valence electrons. The van der Waals surface area contributed by atoms with Crippen LogP contribution in [0.2, 0.25) is 0 Å². The predicted octanol–water partition coefficient (Wildman–Crippen LogP) is 2.13. The molecule has 0 bridgehead atoms. The molecule has 0 saturated carbocycles. The molecule has 0 aliphatic rings. The molecule has 1 aromatic heterocycles. The first-order valence-electron chi connectivity index (χ1n) is 5.45. The van der Waals surface area contributed by atoms with Gasteiger partial charge in [0.15, 0.2) is 0 Å². The molecule has 0 aliphatic heterocycles. The van der Waals surface area contributed by atoms with Crippen molar-refractivity contribution in [1.82, 2.24) is 10.3 Å². The van der Waals surface area contributed by atoms with Crippen molar-refractivity contribution < 1.29 is 5.11 Å². The van der Waals surface area contributed by atoms with Gasteiger partial charge in [-0.2, -0.15) is 0 Å². The molecule has 1 unspecified atom stereocenters. The lowest BCUT2D eigenvalue weighted by Gasteiger charge is -2.12. The molecular formula is C11H20N2OS. The van der Waals surface area contributed by atoms with Gasteiger partial charge in [-0.25, -0.2) is 4.98 Å². The Morgan fingerprint density at radius 1 is 1.53 bits per heavy atom. The zero-order valence-electron chi connectivity index (χ0n) is 9.66. The largest absolute Gasteiger partial charge is 0.395 e. The van der Waals surface area contributed by atoms with Crippen LogP contribution < -0.4 is 5.32 Å². The van der Waals surface area contributed by atoms with Crippen LogP contribution in [-0.2, 0) is 6.54 Å². The Kier molecular flexibility index (Phi) is 5.22. The summed E-state index contributed by atoms with van der Waals surface area (Å²) < 4.78 is 0. The minimum Gasteiger partial charge on any atom is -0.395 e. The van der Waals surface area contributed by atoms with Gasteiger partial charge in [-0.3, -0.25) is 0 Å². The Bertz CT molecular complexity index is 282. The van der Waals surface area contributed by atoms with Crippen LogP contribution in [0.3, 0.4) is 0 Å². The molecule has 1 heterocycles. The summed E-state index contributed by atoms with van der Waals surface area (Å²) in [7, 11) is 0. The first kappa shape index (κ1) is 12.6. The highest BCUT2D eigenvalue weighted by atomic mass is 32.1. The number of thiazole rings is 1. The van der Waals surface area contributed by atoms with E-state index in [1.54, 1.807) is 11.3 Å². The van der Waals surface area contributed by atoms with E-state index < -0.39 is 0 Å². The summed E-state index contributed by atoms with van der Waals surface area (Å²) in [5.41, 5.74) is 1.08. The molecule has 0 amide bonds. The van der Waals surface area contributed by atoms with Crippen LogP contribution in [0.5, 0.6) is 0 Å². The normalized spacial score (nSPS) is 13.4. The third-order valence-corrected chi connectivity index (χ3v) is 3.54. The van der Waals surface area contributed by atoms with Gasteiger partial charge in [-0.05, 0) is 6.42 Å². The monoisotopic (exact) mass is 228 g/mol. The van der Waals surface area contributed by atoms with Crippen molar-refractivity contribution in [3.63, 3.8) is 0 Å². The van der Waals surface area contributed by atoms with Crippen LogP contribution in [0.15, 0.2) is 5.38 Å². The van der Waals surface area contributed by atoms with E-state index in [2.05, 4.69) is 36.5 Å². The summed E-state index contributed by atoms with van der Waals surface area (Å²) in [6.45, 7) is 7.31. The molecule has 0 spiro atoms. The molecule has 0 fully saturated rings. The van der Waals surface area contributed by atoms with Gasteiger partial charge in [0.05, 0.1) is 17.3 Å². The summed E-state index contributed by atoms with van der Waals surface area (Å²) in [4.78, 5) is 4.52. The SMILES string of the molecule is CCC(CO)NCc1csc(C(C)C)n1. The molecule has 1 aromatic rings. The van der Waals surface area contributed by atoms with E-state index in [0.717, 1.165) is 18.7 Å². The van der Waals surface area contributed by atoms with Gasteiger partial charge in [-0.15, -0.1) is 11.3 Å². The van der Waals surface area contributed by atoms with E-state index in [1.807, 2.05) is 0 Å². The first-order chi connectivity index (χ1) is 7.17. The third-order valence-electron chi connectivity index (χ3n) is 2.35. The number of aromatic nitrogens is 1. The van der Waals surface area contributed by atoms with Crippen molar-refractivity contribution in [1.29, 1.82) is 0 Å². The zero-order chi connectivity index (χ0) is 11.3. The summed E-state index contributed by atoms with van der Waals surface area (Å²) in [6.07, 6.45) is 0.942. The highest BCUT2D eigenvalue weighted by Gasteiger charge is 2.07. The number of nitrogens with one attached hydrogen (secondary N) is 1. The summed E-state index contributed by atoms with van der Waals surface area (Å²) in [6, 6.07) is 0.189. The molecule has 3 nitrogen and oxygen atoms in total. The average Bonchev–Trinajstić information content (AvgIpc) is 2.68. The van der Waals surface area contributed by atoms with Gasteiger partial charge in [-0.1, -0.05) is 20.8 Å². The van der Waals surface area contributed by atoms with Gasteiger partial charge in [0.2, 0.25) is 0 Å². The van der Waals surface area contributed by atoms with Crippen LogP contribution in [0, 0.1) is 0 Å². The smallest absolute Gasteiger partial charge is 0.0954 e. The lowest BCUT2D eigenvalue weighted by Crippen LogP contribution is -2.31.